The smallest absolute Gasteiger partial charge is 0.277 e. The van der Waals surface area contributed by atoms with E-state index in [1.54, 1.807) is 11.3 Å². The van der Waals surface area contributed by atoms with E-state index in [0.717, 1.165) is 42.9 Å². The van der Waals surface area contributed by atoms with Gasteiger partial charge in [-0.25, -0.2) is 4.98 Å². The lowest BCUT2D eigenvalue weighted by molar-refractivity contribution is 0.466. The molecule has 0 atom stereocenters. The van der Waals surface area contributed by atoms with Crippen LogP contribution in [0.1, 0.15) is 37.9 Å². The highest BCUT2D eigenvalue weighted by molar-refractivity contribution is 7.98. The van der Waals surface area contributed by atoms with Gasteiger partial charge in [0, 0.05) is 35.5 Å². The van der Waals surface area contributed by atoms with Crippen molar-refractivity contribution in [3.63, 3.8) is 0 Å². The number of thioether (sulfide) groups is 1. The predicted octanol–water partition coefficient (Wildman–Crippen LogP) is 5.28. The minimum Gasteiger partial charge on any atom is -0.411 e. The second-order valence-electron chi connectivity index (χ2n) is 5.86. The summed E-state index contributed by atoms with van der Waals surface area (Å²) in [5.41, 5.74) is 3.23. The fourth-order valence-corrected chi connectivity index (χ4v) is 4.33. The van der Waals surface area contributed by atoms with Gasteiger partial charge in [0.25, 0.3) is 5.22 Å². The van der Waals surface area contributed by atoms with Crippen LogP contribution in [0.15, 0.2) is 39.3 Å². The Labute approximate surface area is 162 Å². The third-order valence-electron chi connectivity index (χ3n) is 4.06. The topological polar surface area (TPSA) is 55.1 Å². The Balaban J connectivity index is 1.61. The van der Waals surface area contributed by atoms with E-state index in [1.165, 1.54) is 22.5 Å². The van der Waals surface area contributed by atoms with Gasteiger partial charge in [0.05, 0.1) is 10.7 Å². The number of aryl methyl sites for hydroxylation is 1. The monoisotopic (exact) mass is 388 g/mol. The van der Waals surface area contributed by atoms with Crippen LogP contribution in [0.3, 0.4) is 0 Å². The molecule has 0 aliphatic heterocycles. The van der Waals surface area contributed by atoms with Crippen LogP contribution >= 0.6 is 23.1 Å². The van der Waals surface area contributed by atoms with Crippen LogP contribution in [0, 0.1) is 0 Å². The molecule has 3 rings (SSSR count). The number of hydrogen-bond acceptors (Lipinski definition) is 7. The van der Waals surface area contributed by atoms with Gasteiger partial charge in [-0.2, -0.15) is 0 Å². The van der Waals surface area contributed by atoms with Gasteiger partial charge in [-0.15, -0.1) is 21.5 Å². The van der Waals surface area contributed by atoms with Gasteiger partial charge in [-0.1, -0.05) is 18.7 Å². The molecule has 7 heteroatoms. The first-order valence-corrected chi connectivity index (χ1v) is 10.8. The predicted molar refractivity (Wildman–Crippen MR) is 109 cm³/mol. The van der Waals surface area contributed by atoms with Crippen molar-refractivity contribution in [1.29, 1.82) is 0 Å². The van der Waals surface area contributed by atoms with Gasteiger partial charge >= 0.3 is 0 Å². The van der Waals surface area contributed by atoms with Crippen molar-refractivity contribution in [3.05, 3.63) is 40.3 Å². The average molecular weight is 389 g/mol. The Bertz CT molecular complexity index is 809. The molecule has 1 aromatic carbocycles. The molecular weight excluding hydrogens is 364 g/mol. The lowest BCUT2D eigenvalue weighted by Crippen LogP contribution is -2.21. The quantitative estimate of drug-likeness (QED) is 0.465. The summed E-state index contributed by atoms with van der Waals surface area (Å²) < 4.78 is 5.80. The van der Waals surface area contributed by atoms with E-state index < -0.39 is 0 Å². The van der Waals surface area contributed by atoms with Gasteiger partial charge in [-0.05, 0) is 51.0 Å². The Kier molecular flexibility index (Phi) is 6.68. The highest BCUT2D eigenvalue weighted by Crippen LogP contribution is 2.27. The molecule has 5 nitrogen and oxygen atoms in total. The van der Waals surface area contributed by atoms with Crippen LogP contribution < -0.4 is 4.90 Å². The van der Waals surface area contributed by atoms with E-state index in [4.69, 9.17) is 4.42 Å². The van der Waals surface area contributed by atoms with Crippen LogP contribution in [0.25, 0.3) is 11.5 Å². The maximum absolute atomic E-state index is 5.80. The number of nitrogens with zero attached hydrogens (tertiary/aromatic N) is 4. The number of hydrogen-bond donors (Lipinski definition) is 0. The van der Waals surface area contributed by atoms with Crippen molar-refractivity contribution >= 4 is 28.8 Å². The SMILES string of the molecule is CCCc1nc(CSc2nnc(-c3ccc(N(CC)CC)cc3)o2)cs1. The van der Waals surface area contributed by atoms with E-state index >= 15 is 0 Å². The summed E-state index contributed by atoms with van der Waals surface area (Å²) in [4.78, 5) is 6.93. The minimum absolute atomic E-state index is 0.559. The standard InChI is InChI=1S/C19H24N4OS2/c1-4-7-17-20-15(12-25-17)13-26-19-22-21-18(24-19)14-8-10-16(11-9-14)23(5-2)6-3/h8-12H,4-7,13H2,1-3H3. The maximum atomic E-state index is 5.80. The van der Waals surface area contributed by atoms with Crippen LogP contribution in [0.5, 0.6) is 0 Å². The third kappa shape index (κ3) is 4.65. The number of aromatic nitrogens is 3. The summed E-state index contributed by atoms with van der Waals surface area (Å²) in [6, 6.07) is 8.27. The molecule has 0 fully saturated rings. The molecule has 2 heterocycles. The van der Waals surface area contributed by atoms with Crippen LogP contribution in [0.2, 0.25) is 0 Å². The first kappa shape index (κ1) is 18.9. The van der Waals surface area contributed by atoms with E-state index in [9.17, 15) is 0 Å². The van der Waals surface area contributed by atoms with Crippen LogP contribution in [-0.4, -0.2) is 28.3 Å². The van der Waals surface area contributed by atoms with Crippen molar-refractivity contribution < 1.29 is 4.42 Å². The fourth-order valence-electron chi connectivity index (χ4n) is 2.67. The summed E-state index contributed by atoms with van der Waals surface area (Å²) >= 11 is 3.25. The summed E-state index contributed by atoms with van der Waals surface area (Å²) in [6.45, 7) is 8.48. The molecule has 0 saturated heterocycles. The average Bonchev–Trinajstić information content (AvgIpc) is 3.31. The Morgan fingerprint density at radius 2 is 1.85 bits per heavy atom. The van der Waals surface area contributed by atoms with E-state index in [2.05, 4.69) is 58.4 Å². The molecule has 0 bridgehead atoms. The van der Waals surface area contributed by atoms with Crippen molar-refractivity contribution in [3.8, 4) is 11.5 Å². The Morgan fingerprint density at radius 3 is 2.54 bits per heavy atom. The summed E-state index contributed by atoms with van der Waals surface area (Å²) in [5.74, 6) is 1.31. The van der Waals surface area contributed by atoms with Gasteiger partial charge < -0.3 is 9.32 Å². The molecule has 3 aromatic rings. The summed E-state index contributed by atoms with van der Waals surface area (Å²) in [5, 5.41) is 12.2. The number of rotatable bonds is 9. The van der Waals surface area contributed by atoms with Crippen molar-refractivity contribution in [1.82, 2.24) is 15.2 Å². The van der Waals surface area contributed by atoms with Crippen LogP contribution in [-0.2, 0) is 12.2 Å². The summed E-state index contributed by atoms with van der Waals surface area (Å²) in [7, 11) is 0. The molecule has 0 radical (unpaired) electrons. The maximum Gasteiger partial charge on any atom is 0.277 e. The molecule has 0 saturated carbocycles. The number of anilines is 1. The molecule has 2 aromatic heterocycles. The summed E-state index contributed by atoms with van der Waals surface area (Å²) in [6.07, 6.45) is 2.17. The van der Waals surface area contributed by atoms with E-state index in [0.29, 0.717) is 11.1 Å². The zero-order valence-electron chi connectivity index (χ0n) is 15.4. The molecule has 0 aliphatic carbocycles. The van der Waals surface area contributed by atoms with Crippen molar-refractivity contribution in [2.45, 2.75) is 44.6 Å². The number of thiazole rings is 1. The van der Waals surface area contributed by atoms with Gasteiger partial charge in [0.1, 0.15) is 0 Å². The molecule has 0 N–H and O–H groups in total. The van der Waals surface area contributed by atoms with Crippen molar-refractivity contribution in [2.24, 2.45) is 0 Å². The molecule has 138 valence electrons. The highest BCUT2D eigenvalue weighted by atomic mass is 32.2. The minimum atomic E-state index is 0.559. The molecule has 0 aliphatic rings. The third-order valence-corrected chi connectivity index (χ3v) is 5.87. The normalized spacial score (nSPS) is 11.0. The highest BCUT2D eigenvalue weighted by Gasteiger charge is 2.11. The van der Waals surface area contributed by atoms with E-state index in [-0.39, 0.29) is 0 Å². The Hall–Kier alpha value is -1.86. The molecular formula is C19H24N4OS2. The largest absolute Gasteiger partial charge is 0.411 e. The molecule has 26 heavy (non-hydrogen) atoms. The molecule has 0 unspecified atom stereocenters. The first-order chi connectivity index (χ1) is 12.7. The molecule has 0 amide bonds. The van der Waals surface area contributed by atoms with E-state index in [1.807, 2.05) is 12.1 Å². The van der Waals surface area contributed by atoms with Gasteiger partial charge in [-0.3, -0.25) is 0 Å². The first-order valence-electron chi connectivity index (χ1n) is 8.98. The molecule has 0 spiro atoms. The lowest BCUT2D eigenvalue weighted by Gasteiger charge is -2.20. The zero-order valence-corrected chi connectivity index (χ0v) is 17.1. The second kappa shape index (κ2) is 9.19. The lowest BCUT2D eigenvalue weighted by atomic mass is 10.2. The van der Waals surface area contributed by atoms with Gasteiger partial charge in [0.15, 0.2) is 0 Å². The van der Waals surface area contributed by atoms with Crippen LogP contribution in [0.4, 0.5) is 5.69 Å². The van der Waals surface area contributed by atoms with Gasteiger partial charge in [0.2, 0.25) is 5.89 Å². The zero-order chi connectivity index (χ0) is 18.4. The fraction of sp³-hybridized carbons (Fsp3) is 0.421. The Morgan fingerprint density at radius 1 is 1.08 bits per heavy atom. The van der Waals surface area contributed by atoms with Crippen molar-refractivity contribution in [2.75, 3.05) is 18.0 Å². The second-order valence-corrected chi connectivity index (χ2v) is 7.73. The number of benzene rings is 1.